The number of rotatable bonds is 6. The normalized spacial score (nSPS) is 10.6. The molecule has 1 rings (SSSR count). The molecule has 0 aliphatic heterocycles. The first-order valence-corrected chi connectivity index (χ1v) is 6.17. The molecular weight excluding hydrogens is 180 g/mol. The summed E-state index contributed by atoms with van der Waals surface area (Å²) in [4.78, 5) is 3.25. The topological polar surface area (TPSA) is 19.7 Å². The first-order chi connectivity index (χ1) is 6.38. The van der Waals surface area contributed by atoms with Crippen molar-refractivity contribution < 1.29 is 4.57 Å². The largest absolute Gasteiger partial charge is 0.253 e. The fourth-order valence-corrected chi connectivity index (χ4v) is 2.14. The van der Waals surface area contributed by atoms with Gasteiger partial charge >= 0.3 is 0 Å². The Bertz CT molecular complexity index is 233. The predicted octanol–water partition coefficient (Wildman–Crippen LogP) is 2.01. The van der Waals surface area contributed by atoms with Crippen LogP contribution < -0.4 is 4.57 Å². The highest BCUT2D eigenvalue weighted by molar-refractivity contribution is 7.99. The van der Waals surface area contributed by atoms with Gasteiger partial charge in [-0.15, -0.1) is 0 Å². The lowest BCUT2D eigenvalue weighted by atomic mass is 10.4. The van der Waals surface area contributed by atoms with E-state index in [0.29, 0.717) is 0 Å². The van der Waals surface area contributed by atoms with Crippen LogP contribution in [-0.4, -0.2) is 16.5 Å². The highest BCUT2D eigenvalue weighted by Crippen LogP contribution is 2.01. The average molecular weight is 199 g/mol. The van der Waals surface area contributed by atoms with E-state index in [-0.39, 0.29) is 0 Å². The van der Waals surface area contributed by atoms with E-state index in [9.17, 15) is 0 Å². The molecule has 0 amide bonds. The zero-order valence-electron chi connectivity index (χ0n) is 8.55. The molecule has 0 saturated carbocycles. The third-order valence-corrected chi connectivity index (χ3v) is 3.18. The van der Waals surface area contributed by atoms with Crippen molar-refractivity contribution in [2.24, 2.45) is 0 Å². The smallest absolute Gasteiger partial charge is 0.248 e. The molecule has 0 atom stereocenters. The fourth-order valence-electron chi connectivity index (χ4n) is 1.32. The Morgan fingerprint density at radius 1 is 1.38 bits per heavy atom. The number of thioether (sulfide) groups is 1. The molecule has 1 N–H and O–H groups in total. The van der Waals surface area contributed by atoms with Crippen LogP contribution in [0, 0.1) is 0 Å². The average Bonchev–Trinajstić information content (AvgIpc) is 2.60. The van der Waals surface area contributed by atoms with Gasteiger partial charge in [0.25, 0.3) is 5.82 Å². The van der Waals surface area contributed by atoms with E-state index in [0.717, 1.165) is 13.0 Å². The lowest BCUT2D eigenvalue weighted by molar-refractivity contribution is -0.698. The lowest BCUT2D eigenvalue weighted by Gasteiger charge is -1.98. The maximum absolute atomic E-state index is 3.25. The lowest BCUT2D eigenvalue weighted by Crippen LogP contribution is -2.36. The first-order valence-electron chi connectivity index (χ1n) is 5.02. The number of aryl methyl sites for hydroxylation is 2. The molecule has 0 aromatic carbocycles. The summed E-state index contributed by atoms with van der Waals surface area (Å²) in [5, 5.41) is 0. The molecule has 0 spiro atoms. The van der Waals surface area contributed by atoms with Crippen LogP contribution >= 0.6 is 11.8 Å². The molecule has 0 bridgehead atoms. The summed E-state index contributed by atoms with van der Waals surface area (Å²) >= 11 is 2.04. The number of H-pyrrole nitrogens is 1. The zero-order chi connectivity index (χ0) is 9.52. The van der Waals surface area contributed by atoms with Crippen molar-refractivity contribution >= 4 is 11.8 Å². The molecule has 0 aliphatic carbocycles. The number of nitrogens with one attached hydrogen (secondary N) is 1. The second-order valence-electron chi connectivity index (χ2n) is 3.07. The van der Waals surface area contributed by atoms with Gasteiger partial charge in [-0.05, 0) is 12.2 Å². The quantitative estimate of drug-likeness (QED) is 0.549. The van der Waals surface area contributed by atoms with Crippen molar-refractivity contribution in [3.8, 4) is 0 Å². The maximum Gasteiger partial charge on any atom is 0.253 e. The third-order valence-electron chi connectivity index (χ3n) is 2.01. The number of hydrogen-bond acceptors (Lipinski definition) is 1. The van der Waals surface area contributed by atoms with Crippen LogP contribution in [-0.2, 0) is 13.0 Å². The van der Waals surface area contributed by atoms with Gasteiger partial charge in [-0.25, -0.2) is 9.55 Å². The van der Waals surface area contributed by atoms with Crippen molar-refractivity contribution in [1.29, 1.82) is 0 Å². The standard InChI is InChI=1S/C10H18N2S/c1-3-8-13-9-7-12-6-5-11-10(12)4-2/h5-6H,3-4,7-9H2,1-2H3/p+1. The van der Waals surface area contributed by atoms with Gasteiger partial charge in [0.15, 0.2) is 0 Å². The number of aromatic nitrogens is 2. The van der Waals surface area contributed by atoms with Crippen LogP contribution in [0.2, 0.25) is 0 Å². The molecule has 3 heteroatoms. The van der Waals surface area contributed by atoms with Crippen LogP contribution in [0.3, 0.4) is 0 Å². The number of imidazole rings is 1. The van der Waals surface area contributed by atoms with Crippen LogP contribution in [0.4, 0.5) is 0 Å². The monoisotopic (exact) mass is 199 g/mol. The van der Waals surface area contributed by atoms with Gasteiger partial charge in [0.2, 0.25) is 0 Å². The molecule has 1 heterocycles. The van der Waals surface area contributed by atoms with E-state index in [1.54, 1.807) is 0 Å². The summed E-state index contributed by atoms with van der Waals surface area (Å²) in [7, 11) is 0. The van der Waals surface area contributed by atoms with Crippen LogP contribution in [0.25, 0.3) is 0 Å². The molecule has 13 heavy (non-hydrogen) atoms. The summed E-state index contributed by atoms with van der Waals surface area (Å²) in [6.07, 6.45) is 6.52. The van der Waals surface area contributed by atoms with Crippen molar-refractivity contribution in [3.63, 3.8) is 0 Å². The highest BCUT2D eigenvalue weighted by Gasteiger charge is 2.06. The minimum Gasteiger partial charge on any atom is -0.248 e. The van der Waals surface area contributed by atoms with E-state index < -0.39 is 0 Å². The Balaban J connectivity index is 2.27. The molecular formula is C10H19N2S+. The second-order valence-corrected chi connectivity index (χ2v) is 4.29. The molecule has 0 unspecified atom stereocenters. The van der Waals surface area contributed by atoms with Crippen molar-refractivity contribution in [1.82, 2.24) is 4.98 Å². The second kappa shape index (κ2) is 6.08. The third kappa shape index (κ3) is 3.43. The SMILES string of the molecule is CCCSCC[n+]1cc[nH]c1CC. The van der Waals surface area contributed by atoms with Crippen molar-refractivity contribution in [2.75, 3.05) is 11.5 Å². The Morgan fingerprint density at radius 3 is 2.92 bits per heavy atom. The van der Waals surface area contributed by atoms with Gasteiger partial charge in [0.05, 0.1) is 6.54 Å². The predicted molar refractivity (Wildman–Crippen MR) is 58.0 cm³/mol. The Kier molecular flexibility index (Phi) is 4.98. The zero-order valence-corrected chi connectivity index (χ0v) is 9.36. The summed E-state index contributed by atoms with van der Waals surface area (Å²) in [5.74, 6) is 3.84. The molecule has 0 fully saturated rings. The number of hydrogen-bond donors (Lipinski definition) is 1. The molecule has 0 aliphatic rings. The van der Waals surface area contributed by atoms with E-state index in [4.69, 9.17) is 0 Å². The highest BCUT2D eigenvalue weighted by atomic mass is 32.2. The Morgan fingerprint density at radius 2 is 2.23 bits per heavy atom. The first kappa shape index (κ1) is 10.6. The van der Waals surface area contributed by atoms with Crippen LogP contribution in [0.5, 0.6) is 0 Å². The van der Waals surface area contributed by atoms with Gasteiger partial charge in [-0.1, -0.05) is 13.8 Å². The minimum atomic E-state index is 1.09. The summed E-state index contributed by atoms with van der Waals surface area (Å²) < 4.78 is 2.31. The van der Waals surface area contributed by atoms with Gasteiger partial charge in [0, 0.05) is 12.2 Å². The van der Waals surface area contributed by atoms with Gasteiger partial charge in [-0.2, -0.15) is 11.8 Å². The molecule has 0 saturated heterocycles. The summed E-state index contributed by atoms with van der Waals surface area (Å²) in [6, 6.07) is 0. The van der Waals surface area contributed by atoms with Crippen LogP contribution in [0.15, 0.2) is 12.4 Å². The molecule has 1 aromatic heterocycles. The van der Waals surface area contributed by atoms with Gasteiger partial charge < -0.3 is 0 Å². The number of aromatic amines is 1. The van der Waals surface area contributed by atoms with E-state index in [2.05, 4.69) is 29.6 Å². The Hall–Kier alpha value is -0.440. The fraction of sp³-hybridized carbons (Fsp3) is 0.700. The summed E-state index contributed by atoms with van der Waals surface area (Å²) in [5.41, 5.74) is 0. The van der Waals surface area contributed by atoms with Gasteiger partial charge in [0.1, 0.15) is 12.4 Å². The summed E-state index contributed by atoms with van der Waals surface area (Å²) in [6.45, 7) is 5.55. The molecule has 1 aromatic rings. The van der Waals surface area contributed by atoms with Crippen molar-refractivity contribution in [3.05, 3.63) is 18.2 Å². The van der Waals surface area contributed by atoms with Crippen LogP contribution in [0.1, 0.15) is 26.1 Å². The number of nitrogens with zero attached hydrogens (tertiary/aromatic N) is 1. The van der Waals surface area contributed by atoms with E-state index in [1.165, 1.54) is 23.8 Å². The molecule has 0 radical (unpaired) electrons. The van der Waals surface area contributed by atoms with Gasteiger partial charge in [-0.3, -0.25) is 0 Å². The Labute approximate surface area is 84.7 Å². The van der Waals surface area contributed by atoms with E-state index >= 15 is 0 Å². The van der Waals surface area contributed by atoms with E-state index in [1.807, 2.05) is 18.0 Å². The minimum absolute atomic E-state index is 1.09. The molecule has 74 valence electrons. The van der Waals surface area contributed by atoms with Crippen molar-refractivity contribution in [2.45, 2.75) is 33.2 Å². The molecule has 2 nitrogen and oxygen atoms in total. The maximum atomic E-state index is 3.25.